The molecule has 0 aliphatic carbocycles. The van der Waals surface area contributed by atoms with E-state index < -0.39 is 80.3 Å². The predicted octanol–water partition coefficient (Wildman–Crippen LogP) is -0.779. The van der Waals surface area contributed by atoms with Gasteiger partial charge in [0.15, 0.2) is 6.10 Å². The number of carbonyl (C=O) groups is 3. The molecule has 3 aromatic heterocycles. The van der Waals surface area contributed by atoms with Gasteiger partial charge in [0.1, 0.15) is 17.5 Å². The molecule has 0 radical (unpaired) electrons. The number of fused-ring (bicyclic) bond motifs is 3. The van der Waals surface area contributed by atoms with Crippen LogP contribution in [0.4, 0.5) is 17.5 Å². The first-order valence-corrected chi connectivity index (χ1v) is 19.8. The number of aromatic nitrogens is 6. The Morgan fingerprint density at radius 1 is 0.651 bits per heavy atom. The van der Waals surface area contributed by atoms with Crippen LogP contribution in [0.25, 0.3) is 0 Å². The zero-order chi connectivity index (χ0) is 46.6. The summed E-state index contributed by atoms with van der Waals surface area (Å²) in [5.41, 5.74) is -1.15. The van der Waals surface area contributed by atoms with E-state index in [2.05, 4.69) is 28.6 Å². The van der Waals surface area contributed by atoms with E-state index in [1.54, 1.807) is 27.2 Å². The lowest BCUT2D eigenvalue weighted by Gasteiger charge is -2.16. The van der Waals surface area contributed by atoms with Crippen molar-refractivity contribution >= 4 is 76.5 Å². The van der Waals surface area contributed by atoms with Gasteiger partial charge in [0.05, 0.1) is 49.0 Å². The minimum atomic E-state index is -3.58. The molecule has 26 heteroatoms. The maximum absolute atomic E-state index is 12.2. The Hall–Kier alpha value is -6.34. The van der Waals surface area contributed by atoms with Gasteiger partial charge in [-0.05, 0) is 6.92 Å². The minimum Gasteiger partial charge on any atom is -0.481 e. The number of carboxylic acid groups (broad SMARTS) is 1. The smallest absolute Gasteiger partial charge is 0.336 e. The van der Waals surface area contributed by atoms with Crippen molar-refractivity contribution in [2.24, 2.45) is 69.1 Å². The van der Waals surface area contributed by atoms with E-state index in [0.29, 0.717) is 29.2 Å². The standard InChI is InChI=1S/C12H15N3O4.C11H13N3O4.C8H9N3O2.C5H10O5S.CH4.ClH/c1-6(11(17)19-4)7-5-13-9-8(7)10(16)15(3)12(18)14(9)2;1-5(10(16)17)6-4-12-8-7(6)9(15)14(3)11(18)13(8)2;1-10-6-5(3-4-9-6)7(12)11(2)8(10)13;1-4(5(6)9-2)10-11(3,7)8;;/h5-7H,1-4H3;4-6H,1-3H3,(H,16,17);4H,3H2,1-2H3;4H,1-3H3;1H4;1H/t6-,7?;5-,6?;;;;/m00..../s1. The zero-order valence-corrected chi connectivity index (χ0v) is 37.5. The molecule has 6 heterocycles. The Morgan fingerprint density at radius 3 is 1.41 bits per heavy atom. The number of carboxylic acids is 1. The van der Waals surface area contributed by atoms with Gasteiger partial charge < -0.3 is 14.6 Å². The van der Waals surface area contributed by atoms with Crippen LogP contribution in [0.15, 0.2) is 43.7 Å². The molecule has 1 N–H and O–H groups in total. The second-order valence-electron chi connectivity index (χ2n) is 13.9. The molecule has 63 heavy (non-hydrogen) atoms. The van der Waals surface area contributed by atoms with Crippen LogP contribution in [0.3, 0.4) is 0 Å². The fourth-order valence-electron chi connectivity index (χ4n) is 6.25. The molecule has 6 rings (SSSR count). The number of halogens is 1. The number of aliphatic imine (C=N–C) groups is 3. The van der Waals surface area contributed by atoms with Gasteiger partial charge in [0, 0.05) is 79.2 Å². The van der Waals surface area contributed by atoms with Crippen molar-refractivity contribution in [2.45, 2.75) is 52.6 Å². The predicted molar refractivity (Wildman–Crippen MR) is 234 cm³/mol. The van der Waals surface area contributed by atoms with Crippen LogP contribution in [-0.4, -0.2) is 104 Å². The van der Waals surface area contributed by atoms with Crippen molar-refractivity contribution < 1.29 is 41.6 Å². The van der Waals surface area contributed by atoms with Gasteiger partial charge in [-0.15, -0.1) is 12.4 Å². The van der Waals surface area contributed by atoms with E-state index in [9.17, 15) is 51.6 Å². The molecule has 348 valence electrons. The molecular formula is C37H52ClN9O15S. The normalized spacial score (nSPS) is 16.1. The molecule has 5 atom stereocenters. The highest BCUT2D eigenvalue weighted by Crippen LogP contribution is 2.34. The number of rotatable bonds is 7. The maximum Gasteiger partial charge on any atom is 0.336 e. The highest BCUT2D eigenvalue weighted by atomic mass is 35.5. The third-order valence-corrected chi connectivity index (χ3v) is 10.5. The van der Waals surface area contributed by atoms with Gasteiger partial charge >= 0.3 is 35.0 Å². The summed E-state index contributed by atoms with van der Waals surface area (Å²) in [6.45, 7) is 4.48. The zero-order valence-electron chi connectivity index (χ0n) is 35.8. The first kappa shape index (κ1) is 54.7. The number of aliphatic carboxylic acids is 1. The topological polar surface area (TPSA) is 302 Å². The van der Waals surface area contributed by atoms with Crippen molar-refractivity contribution in [3.05, 3.63) is 79.2 Å². The highest BCUT2D eigenvalue weighted by molar-refractivity contribution is 7.86. The van der Waals surface area contributed by atoms with Crippen LogP contribution in [0, 0.1) is 11.8 Å². The van der Waals surface area contributed by atoms with Gasteiger partial charge in [0.2, 0.25) is 0 Å². The Balaban J connectivity index is 0.000000425. The van der Waals surface area contributed by atoms with Gasteiger partial charge in [-0.25, -0.2) is 34.2 Å². The maximum atomic E-state index is 12.2. The van der Waals surface area contributed by atoms with E-state index in [0.717, 1.165) is 27.1 Å². The summed E-state index contributed by atoms with van der Waals surface area (Å²) >= 11 is 0. The van der Waals surface area contributed by atoms with Crippen molar-refractivity contribution in [1.82, 2.24) is 27.4 Å². The molecule has 3 unspecified atom stereocenters. The summed E-state index contributed by atoms with van der Waals surface area (Å²) in [6.07, 6.45) is 4.90. The molecule has 0 spiro atoms. The van der Waals surface area contributed by atoms with Crippen molar-refractivity contribution in [3.63, 3.8) is 0 Å². The van der Waals surface area contributed by atoms with Crippen LogP contribution in [0.2, 0.25) is 0 Å². The molecule has 0 aromatic carbocycles. The number of carbonyl (C=O) groups excluding carboxylic acids is 2. The molecule has 3 aliphatic heterocycles. The van der Waals surface area contributed by atoms with Gasteiger partial charge in [-0.1, -0.05) is 21.3 Å². The molecule has 0 fully saturated rings. The lowest BCUT2D eigenvalue weighted by atomic mass is 9.90. The van der Waals surface area contributed by atoms with Crippen LogP contribution >= 0.6 is 12.4 Å². The molecule has 0 bridgehead atoms. The van der Waals surface area contributed by atoms with E-state index in [4.69, 9.17) is 5.11 Å². The number of nitrogens with zero attached hydrogens (tertiary/aromatic N) is 9. The molecule has 0 amide bonds. The van der Waals surface area contributed by atoms with Crippen LogP contribution in [0.5, 0.6) is 0 Å². The van der Waals surface area contributed by atoms with E-state index in [1.165, 1.54) is 75.3 Å². The first-order valence-electron chi connectivity index (χ1n) is 18.0. The fourth-order valence-corrected chi connectivity index (χ4v) is 6.85. The molecule has 3 aromatic rings. The molecule has 3 aliphatic rings. The monoisotopic (exact) mass is 929 g/mol. The minimum absolute atomic E-state index is 0. The Labute approximate surface area is 366 Å². The van der Waals surface area contributed by atoms with E-state index >= 15 is 0 Å². The van der Waals surface area contributed by atoms with Gasteiger partial charge in [-0.3, -0.25) is 55.6 Å². The average Bonchev–Trinajstić information content (AvgIpc) is 4.00. The lowest BCUT2D eigenvalue weighted by molar-refractivity contribution is -0.148. The summed E-state index contributed by atoms with van der Waals surface area (Å²) < 4.78 is 41.1. The summed E-state index contributed by atoms with van der Waals surface area (Å²) in [7, 11) is 7.79. The Morgan fingerprint density at radius 2 is 1.03 bits per heavy atom. The van der Waals surface area contributed by atoms with Crippen molar-refractivity contribution in [2.75, 3.05) is 20.5 Å². The summed E-state index contributed by atoms with van der Waals surface area (Å²) in [6, 6.07) is 0. The van der Waals surface area contributed by atoms with Crippen LogP contribution in [-0.2, 0) is 86.9 Å². The third-order valence-electron chi connectivity index (χ3n) is 9.84. The lowest BCUT2D eigenvalue weighted by Crippen LogP contribution is -2.39. The van der Waals surface area contributed by atoms with Crippen molar-refractivity contribution in [1.29, 1.82) is 0 Å². The third kappa shape index (κ3) is 11.4. The van der Waals surface area contributed by atoms with Crippen LogP contribution in [0.1, 0.15) is 56.7 Å². The second-order valence-corrected chi connectivity index (χ2v) is 15.5. The van der Waals surface area contributed by atoms with Crippen LogP contribution < -0.4 is 33.7 Å². The van der Waals surface area contributed by atoms with E-state index in [-0.39, 0.29) is 42.5 Å². The molecule has 0 saturated carbocycles. The second kappa shape index (κ2) is 21.6. The summed E-state index contributed by atoms with van der Waals surface area (Å²) in [4.78, 5) is 116. The first-order chi connectivity index (χ1) is 28.2. The number of esters is 2. The number of hydrogen-bond acceptors (Lipinski definition) is 17. The fraction of sp³-hybridized carbons (Fsp3) is 0.514. The summed E-state index contributed by atoms with van der Waals surface area (Å²) in [5.74, 6) is -3.43. The Bertz CT molecular complexity index is 2850. The highest BCUT2D eigenvalue weighted by Gasteiger charge is 2.35. The molecule has 24 nitrogen and oxygen atoms in total. The number of methoxy groups -OCH3 is 2. The average molecular weight is 930 g/mol. The van der Waals surface area contributed by atoms with Gasteiger partial charge in [0.25, 0.3) is 26.8 Å². The molecule has 0 saturated heterocycles. The molecular weight excluding hydrogens is 878 g/mol. The summed E-state index contributed by atoms with van der Waals surface area (Å²) in [5, 5.41) is 9.01. The SMILES string of the molecule is C.COC(=O)C(C)OS(C)(=O)=O.COC(=O)[C@@H](C)C1C=Nc2c1c(=O)n(C)c(=O)n2C.C[C@H](C(=O)O)C1C=Nc2c1c(=O)n(C)c(=O)n2C.Cl.Cn1c2c(c(=O)n(C)c1=O)CC=N2. The Kier molecular flexibility index (Phi) is 18.8. The van der Waals surface area contributed by atoms with Gasteiger partial charge in [-0.2, -0.15) is 8.42 Å². The number of ether oxygens (including phenoxy) is 2. The quantitative estimate of drug-likeness (QED) is 0.225. The largest absolute Gasteiger partial charge is 0.481 e. The number of hydrogen-bond donors (Lipinski definition) is 1. The van der Waals surface area contributed by atoms with E-state index in [1.807, 2.05) is 0 Å². The van der Waals surface area contributed by atoms with Crippen molar-refractivity contribution in [3.8, 4) is 0 Å².